The van der Waals surface area contributed by atoms with Crippen molar-refractivity contribution in [3.8, 4) is 0 Å². The van der Waals surface area contributed by atoms with Gasteiger partial charge >= 0.3 is 0 Å². The summed E-state index contributed by atoms with van der Waals surface area (Å²) in [7, 11) is -2.54. The maximum Gasteiger partial charge on any atom is 0.270 e. The monoisotopic (exact) mass is 475 g/mol. The molecule has 4 rings (SSSR count). The molecule has 1 unspecified atom stereocenters. The number of thiol groups is 1. The molecule has 1 atom stereocenters. The zero-order valence-corrected chi connectivity index (χ0v) is 19.3. The molecule has 2 aliphatic rings. The smallest absolute Gasteiger partial charge is 0.270 e. The van der Waals surface area contributed by atoms with Gasteiger partial charge in [-0.1, -0.05) is 17.3 Å². The summed E-state index contributed by atoms with van der Waals surface area (Å²) in [5.74, 6) is 0.000573. The number of oxime groups is 1. The molecule has 0 spiro atoms. The van der Waals surface area contributed by atoms with Crippen LogP contribution in [0, 0.1) is 25.6 Å². The second-order valence-corrected chi connectivity index (χ2v) is 9.41. The Hall–Kier alpha value is -2.92. The summed E-state index contributed by atoms with van der Waals surface area (Å²) in [5.41, 5.74) is 2.70. The van der Waals surface area contributed by atoms with Gasteiger partial charge in [0.1, 0.15) is 29.2 Å². The predicted molar refractivity (Wildman–Crippen MR) is 120 cm³/mol. The second-order valence-electron chi connectivity index (χ2n) is 8.37. The zero-order valence-electron chi connectivity index (χ0n) is 18.5. The molecule has 3 heterocycles. The summed E-state index contributed by atoms with van der Waals surface area (Å²) in [6.45, 7) is 4.61. The van der Waals surface area contributed by atoms with Crippen molar-refractivity contribution in [2.75, 3.05) is 13.1 Å². The highest BCUT2D eigenvalue weighted by Crippen LogP contribution is 2.29. The molecule has 1 aromatic carbocycles. The lowest BCUT2D eigenvalue weighted by molar-refractivity contribution is 0.0228. The number of amides is 1. The van der Waals surface area contributed by atoms with Crippen molar-refractivity contribution in [1.82, 2.24) is 19.6 Å². The molecule has 1 amide bonds. The molecule has 1 N–H and O–H groups in total. The fourth-order valence-corrected chi connectivity index (χ4v) is 4.70. The van der Waals surface area contributed by atoms with E-state index < -0.39 is 10.9 Å². The van der Waals surface area contributed by atoms with Gasteiger partial charge in [-0.3, -0.25) is 4.79 Å². The molecule has 2 aromatic rings. The van der Waals surface area contributed by atoms with Gasteiger partial charge in [-0.15, -0.1) is 0 Å². The van der Waals surface area contributed by atoms with Gasteiger partial charge in [0.05, 0.1) is 5.69 Å². The van der Waals surface area contributed by atoms with E-state index in [2.05, 4.69) is 20.4 Å². The Kier molecular flexibility index (Phi) is 6.99. The normalized spacial score (nSPS) is 19.4. The molecular formula is C22H26FN5O4S. The van der Waals surface area contributed by atoms with Crippen molar-refractivity contribution < 1.29 is 22.4 Å². The molecule has 2 aliphatic heterocycles. The van der Waals surface area contributed by atoms with E-state index >= 15 is 0 Å². The van der Waals surface area contributed by atoms with Gasteiger partial charge < -0.3 is 10.2 Å². The third kappa shape index (κ3) is 5.53. The van der Waals surface area contributed by atoms with E-state index in [1.807, 2.05) is 0 Å². The topological polar surface area (TPSA) is 114 Å². The van der Waals surface area contributed by atoms with Gasteiger partial charge in [-0.2, -0.15) is 0 Å². The Morgan fingerprint density at radius 1 is 1.21 bits per heavy atom. The van der Waals surface area contributed by atoms with Crippen molar-refractivity contribution in [1.29, 1.82) is 0 Å². The highest BCUT2D eigenvalue weighted by Gasteiger charge is 2.34. The lowest BCUT2D eigenvalue weighted by Crippen LogP contribution is -2.37. The van der Waals surface area contributed by atoms with Crippen LogP contribution in [0.5, 0.6) is 0 Å². The largest absolute Gasteiger partial charge is 0.391 e. The van der Waals surface area contributed by atoms with Gasteiger partial charge in [-0.25, -0.2) is 27.1 Å². The van der Waals surface area contributed by atoms with E-state index in [1.54, 1.807) is 32.0 Å². The molecule has 9 nitrogen and oxygen atoms in total. The Morgan fingerprint density at radius 2 is 1.97 bits per heavy atom. The van der Waals surface area contributed by atoms with Crippen molar-refractivity contribution >= 4 is 22.5 Å². The van der Waals surface area contributed by atoms with Crippen LogP contribution in [0.25, 0.3) is 0 Å². The number of aromatic nitrogens is 2. The number of hydrogen-bond acceptors (Lipinski definition) is 7. The molecule has 0 saturated carbocycles. The summed E-state index contributed by atoms with van der Waals surface area (Å²) in [5, 5.41) is 7.00. The van der Waals surface area contributed by atoms with Crippen LogP contribution in [0.1, 0.15) is 52.4 Å². The number of hydrogen-bond donors (Lipinski definition) is 2. The first-order valence-corrected chi connectivity index (χ1v) is 11.9. The number of aryl methyl sites for hydroxylation is 2. The van der Waals surface area contributed by atoms with Gasteiger partial charge in [0.2, 0.25) is 10.9 Å². The third-order valence-corrected chi connectivity index (χ3v) is 6.87. The number of carbonyl (C=O) groups is 1. The lowest BCUT2D eigenvalue weighted by atomic mass is 9.89. The predicted octanol–water partition coefficient (Wildman–Crippen LogP) is 1.89. The first-order valence-electron chi connectivity index (χ1n) is 10.8. The number of benzene rings is 1. The lowest BCUT2D eigenvalue weighted by Gasteiger charge is -2.30. The summed E-state index contributed by atoms with van der Waals surface area (Å²) in [6, 6.07) is 6.29. The summed E-state index contributed by atoms with van der Waals surface area (Å²) in [6.07, 6.45) is 1.84. The Labute approximate surface area is 193 Å². The third-order valence-electron chi connectivity index (χ3n) is 6.01. The summed E-state index contributed by atoms with van der Waals surface area (Å²) in [4.78, 5) is 27.0. The Bertz CT molecular complexity index is 1150. The molecular weight excluding hydrogens is 449 g/mol. The van der Waals surface area contributed by atoms with Crippen molar-refractivity contribution in [2.45, 2.75) is 45.8 Å². The van der Waals surface area contributed by atoms with E-state index in [0.29, 0.717) is 42.3 Å². The highest BCUT2D eigenvalue weighted by atomic mass is 32.2. The molecule has 176 valence electrons. The van der Waals surface area contributed by atoms with Crippen LogP contribution in [-0.4, -0.2) is 53.5 Å². The molecule has 1 saturated heterocycles. The minimum absolute atomic E-state index is 0.138. The average molecular weight is 476 g/mol. The first kappa shape index (κ1) is 23.2. The van der Waals surface area contributed by atoms with E-state index in [1.165, 1.54) is 10.4 Å². The van der Waals surface area contributed by atoms with Gasteiger partial charge in [0, 0.05) is 32.0 Å². The molecule has 11 heteroatoms. The van der Waals surface area contributed by atoms with E-state index in [-0.39, 0.29) is 36.0 Å². The molecule has 0 bridgehead atoms. The Morgan fingerprint density at radius 3 is 2.67 bits per heavy atom. The van der Waals surface area contributed by atoms with Crippen LogP contribution in [-0.2, 0) is 22.3 Å². The van der Waals surface area contributed by atoms with Crippen LogP contribution in [0.15, 0.2) is 29.4 Å². The van der Waals surface area contributed by atoms with Crippen LogP contribution >= 0.6 is 0 Å². The number of nitrogens with one attached hydrogen (secondary N) is 1. The highest BCUT2D eigenvalue weighted by molar-refractivity contribution is 7.69. The fraction of sp³-hybridized carbons (Fsp3) is 0.455. The van der Waals surface area contributed by atoms with E-state index in [0.717, 1.165) is 18.4 Å². The Balaban J connectivity index is 1.39. The minimum Gasteiger partial charge on any atom is -0.391 e. The maximum absolute atomic E-state index is 13.4. The van der Waals surface area contributed by atoms with Crippen molar-refractivity contribution in [3.05, 3.63) is 58.4 Å². The van der Waals surface area contributed by atoms with Crippen LogP contribution in [0.2, 0.25) is 0 Å². The standard InChI is InChI=1S/C22H26FN5O4S/c1-13-9-15(3-4-17(13)23)12-24-22(29)20-10-18(25-14(2)26-20)19-11-21(32-27-19)16-5-7-28(8-6-16)33(30)31/h3-4,9-10,16,21,33H,5-8,11-12H2,1-2H3,(H,24,29). The van der Waals surface area contributed by atoms with E-state index in [9.17, 15) is 17.6 Å². The van der Waals surface area contributed by atoms with E-state index in [4.69, 9.17) is 4.84 Å². The molecule has 1 aromatic heterocycles. The maximum atomic E-state index is 13.4. The van der Waals surface area contributed by atoms with Crippen molar-refractivity contribution in [2.24, 2.45) is 11.1 Å². The van der Waals surface area contributed by atoms with Gasteiger partial charge in [0.25, 0.3) is 5.91 Å². The summed E-state index contributed by atoms with van der Waals surface area (Å²) < 4.78 is 37.2. The quantitative estimate of drug-likeness (QED) is 0.617. The molecule has 0 aliphatic carbocycles. The number of nitrogens with zero attached hydrogens (tertiary/aromatic N) is 4. The van der Waals surface area contributed by atoms with Crippen LogP contribution in [0.3, 0.4) is 0 Å². The van der Waals surface area contributed by atoms with Gasteiger partial charge in [0.15, 0.2) is 0 Å². The minimum atomic E-state index is -2.54. The SMILES string of the molecule is Cc1nc(C(=O)NCc2ccc(F)c(C)c2)cc(C2=NOC(C3CCN([SH](=O)=O)CC3)C2)n1. The number of halogens is 1. The van der Waals surface area contributed by atoms with Crippen molar-refractivity contribution in [3.63, 3.8) is 0 Å². The molecule has 0 radical (unpaired) electrons. The zero-order chi connectivity index (χ0) is 23.5. The second kappa shape index (κ2) is 9.92. The number of piperidine rings is 1. The first-order chi connectivity index (χ1) is 15.8. The molecule has 1 fully saturated rings. The fourth-order valence-electron chi connectivity index (χ4n) is 4.14. The summed E-state index contributed by atoms with van der Waals surface area (Å²) >= 11 is 0. The number of carbonyl (C=O) groups excluding carboxylic acids is 1. The number of rotatable bonds is 6. The molecule has 33 heavy (non-hydrogen) atoms. The van der Waals surface area contributed by atoms with Crippen LogP contribution < -0.4 is 5.32 Å². The average Bonchev–Trinajstić information content (AvgIpc) is 3.30. The van der Waals surface area contributed by atoms with Crippen LogP contribution in [0.4, 0.5) is 4.39 Å². The van der Waals surface area contributed by atoms with Gasteiger partial charge in [-0.05, 0) is 49.9 Å².